The quantitative estimate of drug-likeness (QED) is 0.290. The van der Waals surface area contributed by atoms with Crippen molar-refractivity contribution in [3.05, 3.63) is 36.3 Å². The van der Waals surface area contributed by atoms with Gasteiger partial charge in [0, 0.05) is 51.8 Å². The Bertz CT molecular complexity index is 606. The van der Waals surface area contributed by atoms with Crippen molar-refractivity contribution in [2.45, 2.75) is 37.8 Å². The number of rotatable bonds is 6. The van der Waals surface area contributed by atoms with Crippen LogP contribution < -0.4 is 5.32 Å². The number of hydrogen-bond acceptors (Lipinski definition) is 4. The monoisotopic (exact) mass is 486 g/mol. The molecule has 1 N–H and O–H groups in total. The fraction of sp³-hybridized carbons (Fsp3) is 0.650. The summed E-state index contributed by atoms with van der Waals surface area (Å²) in [6, 6.07) is 4.60. The summed E-state index contributed by atoms with van der Waals surface area (Å²) in [6.07, 6.45) is 10.9. The van der Waals surface area contributed by atoms with Gasteiger partial charge in [0.2, 0.25) is 0 Å². The molecule has 1 aromatic rings. The predicted molar refractivity (Wildman–Crippen MR) is 118 cm³/mol. The first-order chi connectivity index (χ1) is 12.9. The summed E-state index contributed by atoms with van der Waals surface area (Å²) in [4.78, 5) is 9.88. The maximum atomic E-state index is 5.75. The molecule has 0 radical (unpaired) electrons. The van der Waals surface area contributed by atoms with Gasteiger partial charge in [0.05, 0.1) is 18.9 Å². The van der Waals surface area contributed by atoms with Crippen molar-refractivity contribution in [1.82, 2.24) is 15.1 Å². The van der Waals surface area contributed by atoms with Crippen LogP contribution in [0, 0.1) is 0 Å². The van der Waals surface area contributed by atoms with Crippen molar-refractivity contribution in [3.63, 3.8) is 0 Å². The number of hydrogen-bond donors (Lipinski definition) is 1. The van der Waals surface area contributed by atoms with Crippen LogP contribution in [0.3, 0.4) is 0 Å². The van der Waals surface area contributed by atoms with E-state index >= 15 is 0 Å². The minimum atomic E-state index is 0. The third-order valence-electron chi connectivity index (χ3n) is 5.53. The van der Waals surface area contributed by atoms with Crippen molar-refractivity contribution in [2.75, 3.05) is 45.9 Å². The van der Waals surface area contributed by atoms with E-state index in [2.05, 4.69) is 27.3 Å². The zero-order valence-electron chi connectivity index (χ0n) is 15.9. The van der Waals surface area contributed by atoms with Crippen LogP contribution in [-0.4, -0.2) is 73.8 Å². The lowest BCUT2D eigenvalue weighted by molar-refractivity contribution is 0.117. The summed E-state index contributed by atoms with van der Waals surface area (Å²) in [5, 5.41) is 3.56. The Morgan fingerprint density at radius 3 is 2.89 bits per heavy atom. The number of guanidine groups is 1. The van der Waals surface area contributed by atoms with Gasteiger partial charge in [-0.2, -0.15) is 0 Å². The molecule has 7 heteroatoms. The second-order valence-electron chi connectivity index (χ2n) is 7.37. The molecular weight excluding hydrogens is 455 g/mol. The van der Waals surface area contributed by atoms with Crippen LogP contribution in [0.15, 0.2) is 40.0 Å². The first-order valence-electron chi connectivity index (χ1n) is 9.95. The highest BCUT2D eigenvalue weighted by Gasteiger charge is 2.29. The van der Waals surface area contributed by atoms with Gasteiger partial charge in [-0.1, -0.05) is 12.2 Å². The van der Waals surface area contributed by atoms with E-state index in [9.17, 15) is 0 Å². The predicted octanol–water partition coefficient (Wildman–Crippen LogP) is 2.51. The van der Waals surface area contributed by atoms with Crippen LogP contribution >= 0.6 is 24.0 Å². The first-order valence-corrected chi connectivity index (χ1v) is 9.95. The van der Waals surface area contributed by atoms with E-state index in [1.54, 1.807) is 6.26 Å². The van der Waals surface area contributed by atoms with Gasteiger partial charge in [-0.25, -0.2) is 0 Å². The summed E-state index contributed by atoms with van der Waals surface area (Å²) in [7, 11) is 0. The molecule has 0 saturated carbocycles. The van der Waals surface area contributed by atoms with Gasteiger partial charge < -0.3 is 19.4 Å². The van der Waals surface area contributed by atoms with Gasteiger partial charge in [0.1, 0.15) is 5.76 Å². The molecule has 3 aliphatic heterocycles. The second-order valence-corrected chi connectivity index (χ2v) is 7.37. The summed E-state index contributed by atoms with van der Waals surface area (Å²) < 4.78 is 11.2. The summed E-state index contributed by atoms with van der Waals surface area (Å²) >= 11 is 0. The normalized spacial score (nSPS) is 25.9. The highest BCUT2D eigenvalue weighted by atomic mass is 127. The molecule has 1 aromatic heterocycles. The Balaban J connectivity index is 0.00000210. The summed E-state index contributed by atoms with van der Waals surface area (Å²) in [5.41, 5.74) is 0. The molecule has 0 aliphatic carbocycles. The second kappa shape index (κ2) is 10.5. The smallest absolute Gasteiger partial charge is 0.194 e. The van der Waals surface area contributed by atoms with Gasteiger partial charge in [-0.15, -0.1) is 24.0 Å². The Morgan fingerprint density at radius 1 is 1.26 bits per heavy atom. The molecule has 2 atom stereocenters. The molecule has 2 unspecified atom stereocenters. The first kappa shape index (κ1) is 20.7. The van der Waals surface area contributed by atoms with Crippen molar-refractivity contribution < 1.29 is 9.15 Å². The number of nitrogens with zero attached hydrogens (tertiary/aromatic N) is 3. The van der Waals surface area contributed by atoms with E-state index in [1.165, 1.54) is 6.42 Å². The Labute approximate surface area is 179 Å². The van der Waals surface area contributed by atoms with Gasteiger partial charge >= 0.3 is 0 Å². The molecule has 27 heavy (non-hydrogen) atoms. The Hall–Kier alpha value is -1.06. The molecule has 3 aliphatic rings. The Kier molecular flexibility index (Phi) is 8.02. The fourth-order valence-electron chi connectivity index (χ4n) is 4.02. The van der Waals surface area contributed by atoms with E-state index in [0.29, 0.717) is 6.04 Å². The number of ether oxygens (including phenoxy) is 1. The van der Waals surface area contributed by atoms with Gasteiger partial charge in [0.25, 0.3) is 0 Å². The standard InChI is InChI=1S/C20H30N4O2.HI/c1-2-11-23(10-1)17-8-12-24(16-17)20(22-15-19-6-4-14-26-19)21-9-7-18-5-3-13-25-18;/h1-3,5,13,17,19H,4,6-12,14-16H2,(H,21,22);1H. The largest absolute Gasteiger partial charge is 0.469 e. The van der Waals surface area contributed by atoms with Gasteiger partial charge in [-0.05, 0) is 31.4 Å². The average Bonchev–Trinajstić information content (AvgIpc) is 3.45. The zero-order valence-corrected chi connectivity index (χ0v) is 18.2. The van der Waals surface area contributed by atoms with Crippen LogP contribution in [0.1, 0.15) is 25.0 Å². The van der Waals surface area contributed by atoms with Crippen molar-refractivity contribution in [3.8, 4) is 0 Å². The van der Waals surface area contributed by atoms with E-state index < -0.39 is 0 Å². The number of furan rings is 1. The summed E-state index contributed by atoms with van der Waals surface area (Å²) in [5.74, 6) is 2.04. The number of halogens is 1. The van der Waals surface area contributed by atoms with Crippen molar-refractivity contribution in [1.29, 1.82) is 0 Å². The molecule has 0 amide bonds. The van der Waals surface area contributed by atoms with E-state index in [0.717, 1.165) is 76.9 Å². The molecule has 4 heterocycles. The highest BCUT2D eigenvalue weighted by molar-refractivity contribution is 14.0. The molecule has 0 bridgehead atoms. The van der Waals surface area contributed by atoms with E-state index in [1.807, 2.05) is 12.1 Å². The minimum Gasteiger partial charge on any atom is -0.469 e. The maximum absolute atomic E-state index is 5.75. The molecule has 0 spiro atoms. The highest BCUT2D eigenvalue weighted by Crippen LogP contribution is 2.18. The van der Waals surface area contributed by atoms with Crippen molar-refractivity contribution >= 4 is 29.9 Å². The lowest BCUT2D eigenvalue weighted by Gasteiger charge is -2.26. The fourth-order valence-corrected chi connectivity index (χ4v) is 4.02. The molecule has 2 saturated heterocycles. The minimum absolute atomic E-state index is 0. The zero-order chi connectivity index (χ0) is 17.6. The van der Waals surface area contributed by atoms with Gasteiger partial charge in [0.15, 0.2) is 5.96 Å². The Morgan fingerprint density at radius 2 is 2.15 bits per heavy atom. The number of aliphatic imine (C=N–C) groups is 1. The average molecular weight is 486 g/mol. The summed E-state index contributed by atoms with van der Waals surface area (Å²) in [6.45, 7) is 6.79. The molecule has 150 valence electrons. The molecule has 4 rings (SSSR count). The van der Waals surface area contributed by atoms with E-state index in [-0.39, 0.29) is 30.1 Å². The van der Waals surface area contributed by atoms with Crippen molar-refractivity contribution in [2.24, 2.45) is 4.99 Å². The molecule has 2 fully saturated rings. The topological polar surface area (TPSA) is 53.2 Å². The lowest BCUT2D eigenvalue weighted by atomic mass is 10.2. The number of likely N-dealkylation sites (tertiary alicyclic amines) is 1. The third-order valence-corrected chi connectivity index (χ3v) is 5.53. The molecule has 6 nitrogen and oxygen atoms in total. The third kappa shape index (κ3) is 5.71. The van der Waals surface area contributed by atoms with Crippen LogP contribution in [0.2, 0.25) is 0 Å². The molecular formula is C20H31IN4O2. The SMILES string of the molecule is C1=CCN(C2CCN(C(=NCC3CCCO3)NCCc3ccco3)C2)C1.I. The van der Waals surface area contributed by atoms with Crippen LogP contribution in [0.4, 0.5) is 0 Å². The van der Waals surface area contributed by atoms with Gasteiger partial charge in [-0.3, -0.25) is 9.89 Å². The lowest BCUT2D eigenvalue weighted by Crippen LogP contribution is -2.43. The number of nitrogens with one attached hydrogen (secondary N) is 1. The maximum Gasteiger partial charge on any atom is 0.194 e. The van der Waals surface area contributed by atoms with Crippen LogP contribution in [-0.2, 0) is 11.2 Å². The van der Waals surface area contributed by atoms with Crippen LogP contribution in [0.5, 0.6) is 0 Å². The van der Waals surface area contributed by atoms with E-state index in [4.69, 9.17) is 14.1 Å². The molecule has 0 aromatic carbocycles. The van der Waals surface area contributed by atoms with Crippen LogP contribution in [0.25, 0.3) is 0 Å².